The van der Waals surface area contributed by atoms with Crippen LogP contribution in [0.4, 0.5) is 0 Å². The average Bonchev–Trinajstić information content (AvgIpc) is 3.10. The zero-order chi connectivity index (χ0) is 19.2. The maximum atomic E-state index is 11.9. The van der Waals surface area contributed by atoms with E-state index in [9.17, 15) is 4.79 Å². The second-order valence-corrected chi connectivity index (χ2v) is 6.89. The van der Waals surface area contributed by atoms with Crippen LogP contribution in [0, 0.1) is 6.92 Å². The van der Waals surface area contributed by atoms with Crippen LogP contribution in [0.3, 0.4) is 0 Å². The Bertz CT molecular complexity index is 922. The molecule has 2 aromatic carbocycles. The van der Waals surface area contributed by atoms with Gasteiger partial charge in [0.25, 0.3) is 0 Å². The molecule has 0 fully saturated rings. The van der Waals surface area contributed by atoms with Crippen LogP contribution in [0.15, 0.2) is 53.7 Å². The molecule has 0 bridgehead atoms. The smallest absolute Gasteiger partial charge is 0.230 e. The summed E-state index contributed by atoms with van der Waals surface area (Å²) in [4.78, 5) is 11.9. The highest BCUT2D eigenvalue weighted by atomic mass is 32.2. The number of nitrogens with zero attached hydrogens (tertiary/aromatic N) is 3. The summed E-state index contributed by atoms with van der Waals surface area (Å²) in [5.41, 5.74) is 3.03. The van der Waals surface area contributed by atoms with E-state index >= 15 is 0 Å². The molecule has 3 aromatic rings. The highest BCUT2D eigenvalue weighted by molar-refractivity contribution is 7.99. The number of amides is 1. The molecule has 0 saturated heterocycles. The van der Waals surface area contributed by atoms with Crippen LogP contribution in [0.1, 0.15) is 12.5 Å². The molecule has 6 nitrogen and oxygen atoms in total. The Kier molecular flexibility index (Phi) is 6.13. The van der Waals surface area contributed by atoms with E-state index in [1.54, 1.807) is 7.11 Å². The average molecular weight is 382 g/mol. The van der Waals surface area contributed by atoms with Crippen molar-refractivity contribution in [1.82, 2.24) is 20.1 Å². The molecule has 0 spiro atoms. The van der Waals surface area contributed by atoms with Crippen LogP contribution < -0.4 is 10.1 Å². The standard InChI is InChI=1S/C20H22N4O2S/c1-4-21-18(25)13-27-20-23-22-19(15-7-5-6-14(2)12-15)24(20)16-8-10-17(26-3)11-9-16/h5-12H,4,13H2,1-3H3,(H,21,25). The molecular formula is C20H22N4O2S. The van der Waals surface area contributed by atoms with Crippen molar-refractivity contribution < 1.29 is 9.53 Å². The van der Waals surface area contributed by atoms with Crippen molar-refractivity contribution in [3.8, 4) is 22.8 Å². The molecule has 1 heterocycles. The number of carbonyl (C=O) groups excluding carboxylic acids is 1. The largest absolute Gasteiger partial charge is 0.497 e. The molecule has 0 unspecified atom stereocenters. The van der Waals surface area contributed by atoms with E-state index in [1.165, 1.54) is 11.8 Å². The quantitative estimate of drug-likeness (QED) is 0.634. The van der Waals surface area contributed by atoms with Crippen molar-refractivity contribution in [3.05, 3.63) is 54.1 Å². The fourth-order valence-corrected chi connectivity index (χ4v) is 3.46. The third-order valence-corrected chi connectivity index (χ3v) is 4.88. The van der Waals surface area contributed by atoms with E-state index < -0.39 is 0 Å². The van der Waals surface area contributed by atoms with E-state index in [1.807, 2.05) is 60.9 Å². The molecular weight excluding hydrogens is 360 g/mol. The summed E-state index contributed by atoms with van der Waals surface area (Å²) in [7, 11) is 1.64. The van der Waals surface area contributed by atoms with Gasteiger partial charge in [0.1, 0.15) is 5.75 Å². The normalized spacial score (nSPS) is 10.6. The van der Waals surface area contributed by atoms with Crippen LogP contribution in [0.5, 0.6) is 5.75 Å². The van der Waals surface area contributed by atoms with Crippen molar-refractivity contribution in [1.29, 1.82) is 0 Å². The Hall–Kier alpha value is -2.80. The zero-order valence-corrected chi connectivity index (χ0v) is 16.4. The summed E-state index contributed by atoms with van der Waals surface area (Å²) >= 11 is 1.37. The van der Waals surface area contributed by atoms with Gasteiger partial charge in [-0.15, -0.1) is 10.2 Å². The van der Waals surface area contributed by atoms with Crippen molar-refractivity contribution in [2.24, 2.45) is 0 Å². The van der Waals surface area contributed by atoms with Gasteiger partial charge in [-0.3, -0.25) is 9.36 Å². The molecule has 0 aliphatic heterocycles. The predicted octanol–water partition coefficient (Wildman–Crippen LogP) is 3.48. The van der Waals surface area contributed by atoms with Crippen molar-refractivity contribution in [2.45, 2.75) is 19.0 Å². The van der Waals surface area contributed by atoms with Gasteiger partial charge in [0.2, 0.25) is 5.91 Å². The Labute approximate surface area is 163 Å². The second kappa shape index (κ2) is 8.73. The fourth-order valence-electron chi connectivity index (χ4n) is 2.68. The van der Waals surface area contributed by atoms with E-state index in [-0.39, 0.29) is 11.7 Å². The lowest BCUT2D eigenvalue weighted by Crippen LogP contribution is -2.24. The Balaban J connectivity index is 2.01. The molecule has 1 amide bonds. The van der Waals surface area contributed by atoms with Crippen molar-refractivity contribution in [2.75, 3.05) is 19.4 Å². The number of hydrogen-bond acceptors (Lipinski definition) is 5. The number of ether oxygens (including phenoxy) is 1. The lowest BCUT2D eigenvalue weighted by Gasteiger charge is -2.11. The number of methoxy groups -OCH3 is 1. The third kappa shape index (κ3) is 4.49. The van der Waals surface area contributed by atoms with Crippen LogP contribution in [0.2, 0.25) is 0 Å². The van der Waals surface area contributed by atoms with Gasteiger partial charge in [-0.2, -0.15) is 0 Å². The monoisotopic (exact) mass is 382 g/mol. The van der Waals surface area contributed by atoms with Crippen LogP contribution in [-0.4, -0.2) is 40.1 Å². The van der Waals surface area contributed by atoms with Gasteiger partial charge in [0, 0.05) is 17.8 Å². The third-order valence-electron chi connectivity index (χ3n) is 3.95. The molecule has 27 heavy (non-hydrogen) atoms. The van der Waals surface area contributed by atoms with Crippen molar-refractivity contribution in [3.63, 3.8) is 0 Å². The molecule has 140 valence electrons. The maximum Gasteiger partial charge on any atom is 0.230 e. The molecule has 0 aliphatic rings. The number of nitrogens with one attached hydrogen (secondary N) is 1. The Morgan fingerprint density at radius 1 is 1.19 bits per heavy atom. The minimum atomic E-state index is -0.0242. The molecule has 7 heteroatoms. The summed E-state index contributed by atoms with van der Waals surface area (Å²) in [6, 6.07) is 15.8. The van der Waals surface area contributed by atoms with Gasteiger partial charge < -0.3 is 10.1 Å². The number of benzene rings is 2. The zero-order valence-electron chi connectivity index (χ0n) is 15.6. The number of carbonyl (C=O) groups is 1. The van der Waals surface area contributed by atoms with Gasteiger partial charge >= 0.3 is 0 Å². The first-order valence-corrected chi connectivity index (χ1v) is 9.67. The van der Waals surface area contributed by atoms with Gasteiger partial charge in [0.15, 0.2) is 11.0 Å². The molecule has 0 atom stereocenters. The second-order valence-electron chi connectivity index (χ2n) is 5.95. The highest BCUT2D eigenvalue weighted by Crippen LogP contribution is 2.29. The van der Waals surface area contributed by atoms with E-state index in [4.69, 9.17) is 4.74 Å². The number of aromatic nitrogens is 3. The molecule has 1 N–H and O–H groups in total. The van der Waals surface area contributed by atoms with E-state index in [2.05, 4.69) is 21.6 Å². The number of aryl methyl sites for hydroxylation is 1. The molecule has 3 rings (SSSR count). The van der Waals surface area contributed by atoms with E-state index in [0.717, 1.165) is 28.4 Å². The lowest BCUT2D eigenvalue weighted by molar-refractivity contribution is -0.118. The molecule has 0 saturated carbocycles. The van der Waals surface area contributed by atoms with Crippen LogP contribution in [0.25, 0.3) is 17.1 Å². The summed E-state index contributed by atoms with van der Waals surface area (Å²) < 4.78 is 7.22. The number of hydrogen-bond donors (Lipinski definition) is 1. The van der Waals surface area contributed by atoms with Crippen LogP contribution in [-0.2, 0) is 4.79 Å². The lowest BCUT2D eigenvalue weighted by atomic mass is 10.1. The fraction of sp³-hybridized carbons (Fsp3) is 0.250. The van der Waals surface area contributed by atoms with Gasteiger partial charge in [-0.05, 0) is 44.2 Å². The van der Waals surface area contributed by atoms with Crippen LogP contribution >= 0.6 is 11.8 Å². The minimum Gasteiger partial charge on any atom is -0.497 e. The first-order valence-electron chi connectivity index (χ1n) is 8.68. The summed E-state index contributed by atoms with van der Waals surface area (Å²) in [6.07, 6.45) is 0. The molecule has 0 aliphatic carbocycles. The topological polar surface area (TPSA) is 69.0 Å². The Morgan fingerprint density at radius 2 is 1.96 bits per heavy atom. The van der Waals surface area contributed by atoms with Gasteiger partial charge in [-0.25, -0.2) is 0 Å². The number of rotatable bonds is 7. The maximum absolute atomic E-state index is 11.9. The number of thioether (sulfide) groups is 1. The summed E-state index contributed by atoms with van der Waals surface area (Å²) in [5.74, 6) is 1.78. The summed E-state index contributed by atoms with van der Waals surface area (Å²) in [6.45, 7) is 4.56. The highest BCUT2D eigenvalue weighted by Gasteiger charge is 2.17. The molecule has 0 radical (unpaired) electrons. The molecule has 1 aromatic heterocycles. The minimum absolute atomic E-state index is 0.0242. The first-order chi connectivity index (χ1) is 13.1. The van der Waals surface area contributed by atoms with Crippen molar-refractivity contribution >= 4 is 17.7 Å². The summed E-state index contributed by atoms with van der Waals surface area (Å²) in [5, 5.41) is 12.2. The Morgan fingerprint density at radius 3 is 2.63 bits per heavy atom. The first kappa shape index (κ1) is 19.0. The van der Waals surface area contributed by atoms with E-state index in [0.29, 0.717) is 11.7 Å². The van der Waals surface area contributed by atoms with Gasteiger partial charge in [-0.1, -0.05) is 35.5 Å². The SMILES string of the molecule is CCNC(=O)CSc1nnc(-c2cccc(C)c2)n1-c1ccc(OC)cc1. The van der Waals surface area contributed by atoms with Gasteiger partial charge in [0.05, 0.1) is 12.9 Å². The predicted molar refractivity (Wildman–Crippen MR) is 107 cm³/mol.